The predicted molar refractivity (Wildman–Crippen MR) is 132 cm³/mol. The van der Waals surface area contributed by atoms with Gasteiger partial charge in [-0.05, 0) is 44.9 Å². The van der Waals surface area contributed by atoms with E-state index in [4.69, 9.17) is 9.15 Å². The molecule has 0 amide bonds. The Morgan fingerprint density at radius 2 is 1.58 bits per heavy atom. The lowest BCUT2D eigenvalue weighted by atomic mass is 9.94. The van der Waals surface area contributed by atoms with Crippen molar-refractivity contribution >= 4 is 11.0 Å². The first kappa shape index (κ1) is 23.9. The summed E-state index contributed by atoms with van der Waals surface area (Å²) in [6.07, 6.45) is 1.03. The van der Waals surface area contributed by atoms with Crippen LogP contribution in [0, 0.1) is 6.07 Å². The molecular formula is C28H29O5. The average Bonchev–Trinajstić information content (AvgIpc) is 2.72. The van der Waals surface area contributed by atoms with Gasteiger partial charge < -0.3 is 19.4 Å². The standard InChI is InChI=1S/C28H29O5/c1-15(2)10-18-13-19(32-7)8-9-20(18)24-14-23(29)25-27(31)21(11-16(3)4)26(30)22(12-17(5)6)28(25)33-24/h8-9,14,30-31H,1,3,5,10-12H2,2,4,6-7H3. The number of hydrogen-bond donors (Lipinski definition) is 2. The zero-order valence-corrected chi connectivity index (χ0v) is 19.6. The number of benzene rings is 2. The van der Waals surface area contributed by atoms with Crippen molar-refractivity contribution in [2.75, 3.05) is 7.11 Å². The van der Waals surface area contributed by atoms with E-state index in [0.29, 0.717) is 29.1 Å². The van der Waals surface area contributed by atoms with Crippen LogP contribution in [0.15, 0.2) is 63.9 Å². The Labute approximate surface area is 194 Å². The molecule has 5 nitrogen and oxygen atoms in total. The van der Waals surface area contributed by atoms with Crippen molar-refractivity contribution in [1.82, 2.24) is 0 Å². The zero-order valence-electron chi connectivity index (χ0n) is 19.6. The molecule has 171 valence electrons. The zero-order chi connectivity index (χ0) is 24.4. The summed E-state index contributed by atoms with van der Waals surface area (Å²) in [6.45, 7) is 17.3. The predicted octanol–water partition coefficient (Wildman–Crippen LogP) is 6.04. The van der Waals surface area contributed by atoms with Gasteiger partial charge in [0.1, 0.15) is 34.0 Å². The summed E-state index contributed by atoms with van der Waals surface area (Å²) in [5.74, 6) is 0.451. The maximum absolute atomic E-state index is 13.2. The Morgan fingerprint density at radius 1 is 0.970 bits per heavy atom. The van der Waals surface area contributed by atoms with Gasteiger partial charge in [0.05, 0.1) is 7.11 Å². The van der Waals surface area contributed by atoms with Crippen LogP contribution in [-0.4, -0.2) is 17.3 Å². The summed E-state index contributed by atoms with van der Waals surface area (Å²) in [7, 11) is 1.56. The van der Waals surface area contributed by atoms with E-state index in [9.17, 15) is 15.0 Å². The molecule has 3 aromatic rings. The fourth-order valence-electron chi connectivity index (χ4n) is 3.86. The highest BCUT2D eigenvalue weighted by Crippen LogP contribution is 2.42. The lowest BCUT2D eigenvalue weighted by Gasteiger charge is -2.17. The minimum absolute atomic E-state index is 0.0305. The molecule has 0 spiro atoms. The SMILES string of the molecule is C=C(C)Cc1[c]c(OC)ccc1-c1cc(=O)c2c(O)c(CC(=C)C)c(O)c(CC(=C)C)c2o1. The first-order chi connectivity index (χ1) is 15.5. The summed E-state index contributed by atoms with van der Waals surface area (Å²) >= 11 is 0. The molecule has 0 saturated carbocycles. The van der Waals surface area contributed by atoms with Gasteiger partial charge in [-0.3, -0.25) is 4.79 Å². The number of aromatic hydroxyl groups is 2. The molecule has 0 unspecified atom stereocenters. The minimum Gasteiger partial charge on any atom is -0.507 e. The second kappa shape index (κ2) is 9.41. The summed E-state index contributed by atoms with van der Waals surface area (Å²) < 4.78 is 11.5. The monoisotopic (exact) mass is 445 g/mol. The molecule has 0 saturated heterocycles. The molecule has 0 atom stereocenters. The Morgan fingerprint density at radius 3 is 2.15 bits per heavy atom. The van der Waals surface area contributed by atoms with Crippen molar-refractivity contribution in [1.29, 1.82) is 0 Å². The summed E-state index contributed by atoms with van der Waals surface area (Å²) in [6, 6.07) is 8.08. The van der Waals surface area contributed by atoms with Gasteiger partial charge in [-0.2, -0.15) is 0 Å². The number of rotatable bonds is 8. The number of fused-ring (bicyclic) bond motifs is 1. The Hall–Kier alpha value is -3.73. The third-order valence-corrected chi connectivity index (χ3v) is 5.24. The van der Waals surface area contributed by atoms with Crippen LogP contribution in [0.1, 0.15) is 37.5 Å². The minimum atomic E-state index is -0.410. The van der Waals surface area contributed by atoms with E-state index in [1.54, 1.807) is 26.2 Å². The summed E-state index contributed by atoms with van der Waals surface area (Å²) in [4.78, 5) is 13.2. The molecule has 1 heterocycles. The highest BCUT2D eigenvalue weighted by molar-refractivity contribution is 5.91. The molecule has 0 bridgehead atoms. The van der Waals surface area contributed by atoms with Crippen molar-refractivity contribution in [2.45, 2.75) is 40.0 Å². The molecule has 0 fully saturated rings. The van der Waals surface area contributed by atoms with Gasteiger partial charge in [-0.15, -0.1) is 0 Å². The van der Waals surface area contributed by atoms with E-state index in [-0.39, 0.29) is 40.9 Å². The summed E-state index contributed by atoms with van der Waals surface area (Å²) in [5.41, 5.74) is 4.22. The number of ether oxygens (including phenoxy) is 1. The van der Waals surface area contributed by atoms with Crippen molar-refractivity contribution < 1.29 is 19.4 Å². The van der Waals surface area contributed by atoms with Crippen molar-refractivity contribution in [3.8, 4) is 28.6 Å². The van der Waals surface area contributed by atoms with E-state index >= 15 is 0 Å². The van der Waals surface area contributed by atoms with Gasteiger partial charge >= 0.3 is 0 Å². The quantitative estimate of drug-likeness (QED) is 0.414. The number of allylic oxidation sites excluding steroid dienone is 3. The van der Waals surface area contributed by atoms with Gasteiger partial charge in [0, 0.05) is 41.7 Å². The van der Waals surface area contributed by atoms with E-state index in [1.807, 2.05) is 13.8 Å². The molecule has 2 aromatic carbocycles. The second-order valence-electron chi connectivity index (χ2n) is 8.65. The van der Waals surface area contributed by atoms with Crippen LogP contribution < -0.4 is 10.2 Å². The fourth-order valence-corrected chi connectivity index (χ4v) is 3.86. The van der Waals surface area contributed by atoms with Crippen LogP contribution in [0.2, 0.25) is 0 Å². The van der Waals surface area contributed by atoms with Crippen LogP contribution in [-0.2, 0) is 19.3 Å². The van der Waals surface area contributed by atoms with Gasteiger partial charge in [0.15, 0.2) is 5.43 Å². The average molecular weight is 446 g/mol. The highest BCUT2D eigenvalue weighted by Gasteiger charge is 2.24. The lowest BCUT2D eigenvalue weighted by Crippen LogP contribution is -2.06. The Bertz CT molecular complexity index is 1340. The highest BCUT2D eigenvalue weighted by atomic mass is 16.5. The molecule has 1 aromatic heterocycles. The lowest BCUT2D eigenvalue weighted by molar-refractivity contribution is 0.413. The normalized spacial score (nSPS) is 10.9. The Kier molecular flexibility index (Phi) is 6.82. The largest absolute Gasteiger partial charge is 0.507 e. The van der Waals surface area contributed by atoms with Crippen LogP contribution in [0.25, 0.3) is 22.3 Å². The molecule has 0 aliphatic heterocycles. The second-order valence-corrected chi connectivity index (χ2v) is 8.65. The van der Waals surface area contributed by atoms with Crippen LogP contribution in [0.3, 0.4) is 0 Å². The van der Waals surface area contributed by atoms with E-state index in [1.165, 1.54) is 6.07 Å². The van der Waals surface area contributed by atoms with E-state index in [0.717, 1.165) is 22.3 Å². The first-order valence-electron chi connectivity index (χ1n) is 10.6. The van der Waals surface area contributed by atoms with Gasteiger partial charge in [0.25, 0.3) is 0 Å². The molecule has 33 heavy (non-hydrogen) atoms. The topological polar surface area (TPSA) is 79.9 Å². The maximum atomic E-state index is 13.2. The number of hydrogen-bond acceptors (Lipinski definition) is 5. The molecule has 3 rings (SSSR count). The Balaban J connectivity index is 2.39. The van der Waals surface area contributed by atoms with Gasteiger partial charge in [-0.25, -0.2) is 0 Å². The maximum Gasteiger partial charge on any atom is 0.197 e. The van der Waals surface area contributed by atoms with Crippen molar-refractivity contribution in [3.63, 3.8) is 0 Å². The third-order valence-electron chi connectivity index (χ3n) is 5.24. The number of phenols is 2. The van der Waals surface area contributed by atoms with Crippen LogP contribution in [0.4, 0.5) is 0 Å². The smallest absolute Gasteiger partial charge is 0.197 e. The van der Waals surface area contributed by atoms with Crippen molar-refractivity contribution in [3.05, 3.63) is 87.6 Å². The molecule has 5 heteroatoms. The molecule has 0 aliphatic carbocycles. The number of phenolic OH excluding ortho intramolecular Hbond substituents is 2. The molecular weight excluding hydrogens is 416 g/mol. The van der Waals surface area contributed by atoms with Gasteiger partial charge in [0.2, 0.25) is 0 Å². The molecule has 0 aliphatic rings. The van der Waals surface area contributed by atoms with E-state index < -0.39 is 5.43 Å². The third kappa shape index (κ3) is 4.87. The van der Waals surface area contributed by atoms with Gasteiger partial charge in [-0.1, -0.05) is 36.5 Å². The molecule has 2 N–H and O–H groups in total. The first-order valence-corrected chi connectivity index (χ1v) is 10.6. The van der Waals surface area contributed by atoms with Crippen LogP contribution in [0.5, 0.6) is 17.2 Å². The fraction of sp³-hybridized carbons (Fsp3) is 0.250. The summed E-state index contributed by atoms with van der Waals surface area (Å²) in [5, 5.41) is 22.0. The molecule has 1 radical (unpaired) electrons. The van der Waals surface area contributed by atoms with E-state index in [2.05, 4.69) is 25.8 Å². The van der Waals surface area contributed by atoms with Crippen molar-refractivity contribution in [2.24, 2.45) is 0 Å². The number of methoxy groups -OCH3 is 1. The van der Waals surface area contributed by atoms with Crippen LogP contribution >= 0.6 is 0 Å².